The number of halogens is 2. The number of hydrazone groups is 1. The van der Waals surface area contributed by atoms with Gasteiger partial charge in [-0.3, -0.25) is 4.79 Å². The molecular weight excluding hydrogens is 403 g/mol. The number of aromatic nitrogens is 2. The van der Waals surface area contributed by atoms with Crippen LogP contribution in [-0.4, -0.2) is 21.7 Å². The van der Waals surface area contributed by atoms with Gasteiger partial charge in [0.2, 0.25) is 0 Å². The first-order valence-corrected chi connectivity index (χ1v) is 9.75. The quantitative estimate of drug-likeness (QED) is 0.355. The van der Waals surface area contributed by atoms with Gasteiger partial charge >= 0.3 is 0 Å². The van der Waals surface area contributed by atoms with Crippen LogP contribution in [0.2, 0.25) is 10.0 Å². The number of thioether (sulfide) groups is 1. The number of imidazole rings is 1. The maximum atomic E-state index is 12.3. The Kier molecular flexibility index (Phi) is 6.55. The Bertz CT molecular complexity index is 970. The van der Waals surface area contributed by atoms with Crippen LogP contribution < -0.4 is 5.43 Å². The first-order valence-electron chi connectivity index (χ1n) is 8.01. The summed E-state index contributed by atoms with van der Waals surface area (Å²) >= 11 is 13.5. The van der Waals surface area contributed by atoms with Gasteiger partial charge in [0.15, 0.2) is 5.16 Å². The van der Waals surface area contributed by atoms with Crippen molar-refractivity contribution in [2.75, 3.05) is 0 Å². The Labute approximate surface area is 171 Å². The SMILES string of the molecule is Cn1c(C(=O)N/N=C\c2ccccc2Cl)cnc1SCc1ccc(Cl)cc1. The summed E-state index contributed by atoms with van der Waals surface area (Å²) in [5, 5.41) is 5.97. The number of nitrogens with one attached hydrogen (secondary N) is 1. The molecule has 1 amide bonds. The van der Waals surface area contributed by atoms with Gasteiger partial charge in [0, 0.05) is 28.4 Å². The Morgan fingerprint density at radius 2 is 1.96 bits per heavy atom. The standard InChI is InChI=1S/C19H16Cl2N4OS/c1-25-17(18(26)24-23-10-14-4-2-3-5-16(14)21)11-22-19(25)27-12-13-6-8-15(20)9-7-13/h2-11H,12H2,1H3,(H,24,26)/b23-10-. The topological polar surface area (TPSA) is 59.3 Å². The first kappa shape index (κ1) is 19.5. The zero-order valence-corrected chi connectivity index (χ0v) is 16.7. The summed E-state index contributed by atoms with van der Waals surface area (Å²) < 4.78 is 1.74. The molecule has 1 N–H and O–H groups in total. The maximum absolute atomic E-state index is 12.3. The highest BCUT2D eigenvalue weighted by atomic mass is 35.5. The molecule has 0 aliphatic rings. The van der Waals surface area contributed by atoms with Crippen molar-refractivity contribution >= 4 is 47.1 Å². The van der Waals surface area contributed by atoms with E-state index < -0.39 is 0 Å². The molecule has 2 aromatic carbocycles. The molecule has 1 aromatic heterocycles. The molecule has 8 heteroatoms. The van der Waals surface area contributed by atoms with Gasteiger partial charge in [-0.15, -0.1) is 0 Å². The molecule has 0 bridgehead atoms. The van der Waals surface area contributed by atoms with Gasteiger partial charge in [0.25, 0.3) is 5.91 Å². The fraction of sp³-hybridized carbons (Fsp3) is 0.105. The van der Waals surface area contributed by atoms with Crippen LogP contribution in [0.25, 0.3) is 0 Å². The number of amides is 1. The summed E-state index contributed by atoms with van der Waals surface area (Å²) in [5.41, 5.74) is 4.77. The number of benzene rings is 2. The average molecular weight is 419 g/mol. The molecule has 0 radical (unpaired) electrons. The normalized spacial score (nSPS) is 11.1. The molecule has 3 aromatic rings. The van der Waals surface area contributed by atoms with E-state index in [9.17, 15) is 4.79 Å². The number of carbonyl (C=O) groups excluding carboxylic acids is 1. The smallest absolute Gasteiger partial charge is 0.289 e. The van der Waals surface area contributed by atoms with E-state index in [0.717, 1.165) is 22.0 Å². The number of rotatable bonds is 6. The average Bonchev–Trinajstić information content (AvgIpc) is 3.03. The lowest BCUT2D eigenvalue weighted by atomic mass is 10.2. The van der Waals surface area contributed by atoms with Crippen molar-refractivity contribution in [2.24, 2.45) is 12.1 Å². The van der Waals surface area contributed by atoms with Gasteiger partial charge in [-0.1, -0.05) is 65.3 Å². The lowest BCUT2D eigenvalue weighted by Gasteiger charge is -2.05. The molecule has 0 fully saturated rings. The van der Waals surface area contributed by atoms with Crippen molar-refractivity contribution in [3.05, 3.63) is 81.6 Å². The molecule has 138 valence electrons. The monoisotopic (exact) mass is 418 g/mol. The van der Waals surface area contributed by atoms with Crippen molar-refractivity contribution in [3.63, 3.8) is 0 Å². The van der Waals surface area contributed by atoms with E-state index in [-0.39, 0.29) is 5.91 Å². The Hall–Kier alpha value is -2.28. The second kappa shape index (κ2) is 9.08. The largest absolute Gasteiger partial charge is 0.318 e. The highest BCUT2D eigenvalue weighted by Crippen LogP contribution is 2.23. The Morgan fingerprint density at radius 3 is 2.70 bits per heavy atom. The van der Waals surface area contributed by atoms with Crippen LogP contribution in [0.5, 0.6) is 0 Å². The minimum atomic E-state index is -0.341. The van der Waals surface area contributed by atoms with Gasteiger partial charge in [-0.25, -0.2) is 10.4 Å². The predicted octanol–water partition coefficient (Wildman–Crippen LogP) is 4.78. The minimum absolute atomic E-state index is 0.341. The van der Waals surface area contributed by atoms with E-state index in [0.29, 0.717) is 15.7 Å². The summed E-state index contributed by atoms with van der Waals surface area (Å²) in [6, 6.07) is 14.9. The summed E-state index contributed by atoms with van der Waals surface area (Å²) in [4.78, 5) is 16.6. The van der Waals surface area contributed by atoms with Gasteiger partial charge in [-0.2, -0.15) is 5.10 Å². The van der Waals surface area contributed by atoms with Crippen LogP contribution in [0, 0.1) is 0 Å². The van der Waals surface area contributed by atoms with Gasteiger partial charge in [0.1, 0.15) is 5.69 Å². The van der Waals surface area contributed by atoms with Crippen LogP contribution in [-0.2, 0) is 12.8 Å². The van der Waals surface area contributed by atoms with Gasteiger partial charge in [0.05, 0.1) is 12.4 Å². The fourth-order valence-corrected chi connectivity index (χ4v) is 3.48. The highest BCUT2D eigenvalue weighted by Gasteiger charge is 2.14. The molecule has 0 saturated heterocycles. The molecule has 0 atom stereocenters. The third-order valence-corrected chi connectivity index (χ3v) is 5.45. The van der Waals surface area contributed by atoms with Crippen LogP contribution in [0.1, 0.15) is 21.6 Å². The summed E-state index contributed by atoms with van der Waals surface area (Å²) in [5.74, 6) is 0.389. The molecule has 1 heterocycles. The Balaban J connectivity index is 1.61. The van der Waals surface area contributed by atoms with Crippen molar-refractivity contribution < 1.29 is 4.79 Å². The molecule has 27 heavy (non-hydrogen) atoms. The van der Waals surface area contributed by atoms with Gasteiger partial charge < -0.3 is 4.57 Å². The van der Waals surface area contributed by atoms with Crippen LogP contribution >= 0.6 is 35.0 Å². The van der Waals surface area contributed by atoms with Crippen molar-refractivity contribution in [3.8, 4) is 0 Å². The number of nitrogens with zero attached hydrogens (tertiary/aromatic N) is 3. The molecule has 0 aliphatic heterocycles. The lowest BCUT2D eigenvalue weighted by molar-refractivity contribution is 0.0946. The third kappa shape index (κ3) is 5.13. The highest BCUT2D eigenvalue weighted by molar-refractivity contribution is 7.98. The number of carbonyl (C=O) groups is 1. The third-order valence-electron chi connectivity index (χ3n) is 3.73. The molecule has 3 rings (SSSR count). The number of hydrogen-bond acceptors (Lipinski definition) is 4. The van der Waals surface area contributed by atoms with Crippen LogP contribution in [0.4, 0.5) is 0 Å². The lowest BCUT2D eigenvalue weighted by Crippen LogP contribution is -2.20. The molecule has 5 nitrogen and oxygen atoms in total. The van der Waals surface area contributed by atoms with Crippen molar-refractivity contribution in [1.29, 1.82) is 0 Å². The summed E-state index contributed by atoms with van der Waals surface area (Å²) in [7, 11) is 1.80. The predicted molar refractivity (Wildman–Crippen MR) is 111 cm³/mol. The minimum Gasteiger partial charge on any atom is -0.318 e. The zero-order chi connectivity index (χ0) is 19.2. The zero-order valence-electron chi connectivity index (χ0n) is 14.4. The molecule has 0 unspecified atom stereocenters. The molecular formula is C19H16Cl2N4OS. The van der Waals surface area contributed by atoms with E-state index in [1.54, 1.807) is 17.7 Å². The maximum Gasteiger partial charge on any atom is 0.289 e. The molecule has 0 saturated carbocycles. The second-order valence-electron chi connectivity index (χ2n) is 5.62. The summed E-state index contributed by atoms with van der Waals surface area (Å²) in [6.07, 6.45) is 3.04. The van der Waals surface area contributed by atoms with E-state index in [1.165, 1.54) is 24.2 Å². The Morgan fingerprint density at radius 1 is 1.22 bits per heavy atom. The number of hydrogen-bond donors (Lipinski definition) is 1. The van der Waals surface area contributed by atoms with E-state index in [1.807, 2.05) is 42.5 Å². The fourth-order valence-electron chi connectivity index (χ4n) is 2.26. The van der Waals surface area contributed by atoms with Crippen molar-refractivity contribution in [1.82, 2.24) is 15.0 Å². The van der Waals surface area contributed by atoms with Gasteiger partial charge in [-0.05, 0) is 23.8 Å². The van der Waals surface area contributed by atoms with E-state index >= 15 is 0 Å². The van der Waals surface area contributed by atoms with Crippen molar-refractivity contribution in [2.45, 2.75) is 10.9 Å². The van der Waals surface area contributed by atoms with Crippen LogP contribution in [0.3, 0.4) is 0 Å². The summed E-state index contributed by atoms with van der Waals surface area (Å²) in [6.45, 7) is 0. The molecule has 0 spiro atoms. The second-order valence-corrected chi connectivity index (χ2v) is 7.41. The molecule has 0 aliphatic carbocycles. The van der Waals surface area contributed by atoms with Crippen LogP contribution in [0.15, 0.2) is 65.0 Å². The van der Waals surface area contributed by atoms with E-state index in [2.05, 4.69) is 15.5 Å². The first-order chi connectivity index (χ1) is 13.0. The van der Waals surface area contributed by atoms with E-state index in [4.69, 9.17) is 23.2 Å².